The van der Waals surface area contributed by atoms with Crippen molar-refractivity contribution in [2.45, 2.75) is 83.8 Å². The molecule has 6 atom stereocenters. The summed E-state index contributed by atoms with van der Waals surface area (Å²) in [6.07, 6.45) is 6.82. The van der Waals surface area contributed by atoms with Crippen molar-refractivity contribution in [3.63, 3.8) is 0 Å². The molecule has 3 rings (SSSR count). The number of allylic oxidation sites excluding steroid dienone is 5. The van der Waals surface area contributed by atoms with Gasteiger partial charge in [0.25, 0.3) is 0 Å². The van der Waals surface area contributed by atoms with E-state index in [-0.39, 0.29) is 23.4 Å². The maximum absolute atomic E-state index is 12.3. The second-order valence-electron chi connectivity index (χ2n) is 11.0. The van der Waals surface area contributed by atoms with E-state index in [1.807, 2.05) is 6.92 Å². The molecule has 0 aromatic carbocycles. The van der Waals surface area contributed by atoms with Gasteiger partial charge in [0.2, 0.25) is 0 Å². The zero-order chi connectivity index (χ0) is 34.5. The van der Waals surface area contributed by atoms with Gasteiger partial charge in [0.05, 0.1) is 12.9 Å². The molecule has 258 valence electrons. The van der Waals surface area contributed by atoms with Crippen molar-refractivity contribution in [3.8, 4) is 0 Å². The van der Waals surface area contributed by atoms with Crippen molar-refractivity contribution in [1.82, 2.24) is 19.5 Å². The Balaban J connectivity index is 1.84. The monoisotopic (exact) mass is 711 g/mol. The Hall–Kier alpha value is -2.14. The Morgan fingerprint density at radius 2 is 1.59 bits per heavy atom. The van der Waals surface area contributed by atoms with Gasteiger partial charge in [-0.3, -0.25) is 9.09 Å². The molecule has 0 spiro atoms. The highest BCUT2D eigenvalue weighted by Crippen LogP contribution is 2.66. The SMILES string of the molecule is CC(C)=CCCC(C)=CCCC(C)=CC[C@@]1(n2cnc3c(N)ncnc32)O[C@H](COP(=O)(O)OP(=O)(O)OP(=O)(O)O)[C@@H](O)[C@H]1O. The topological polar surface area (TPSA) is 279 Å². The van der Waals surface area contributed by atoms with Gasteiger partial charge in [0, 0.05) is 6.42 Å². The molecule has 0 aliphatic carbocycles. The molecule has 1 aliphatic rings. The number of phosphoric acid groups is 3. The van der Waals surface area contributed by atoms with Crippen LogP contribution in [0.2, 0.25) is 0 Å². The number of phosphoric ester groups is 1. The lowest BCUT2D eigenvalue weighted by Gasteiger charge is -2.33. The maximum atomic E-state index is 12.3. The average Bonchev–Trinajstić information content (AvgIpc) is 3.45. The number of nitrogens with zero attached hydrogens (tertiary/aromatic N) is 4. The molecule has 21 heteroatoms. The molecule has 1 saturated heterocycles. The van der Waals surface area contributed by atoms with Crippen molar-refractivity contribution in [1.29, 1.82) is 0 Å². The Bertz CT molecular complexity index is 1620. The van der Waals surface area contributed by atoms with Gasteiger partial charge in [-0.15, -0.1) is 0 Å². The van der Waals surface area contributed by atoms with Gasteiger partial charge in [0.15, 0.2) is 17.2 Å². The van der Waals surface area contributed by atoms with Crippen molar-refractivity contribution < 1.29 is 61.4 Å². The fraction of sp³-hybridized carbons (Fsp3) is 0.560. The van der Waals surface area contributed by atoms with E-state index in [0.29, 0.717) is 6.42 Å². The van der Waals surface area contributed by atoms with Gasteiger partial charge in [-0.25, -0.2) is 28.6 Å². The quantitative estimate of drug-likeness (QED) is 0.0971. The number of aromatic nitrogens is 4. The summed E-state index contributed by atoms with van der Waals surface area (Å²) in [5, 5.41) is 22.3. The molecule has 8 N–H and O–H groups in total. The van der Waals surface area contributed by atoms with Crippen LogP contribution < -0.4 is 5.73 Å². The van der Waals surface area contributed by atoms with E-state index in [1.54, 1.807) is 6.08 Å². The zero-order valence-corrected chi connectivity index (χ0v) is 28.3. The van der Waals surface area contributed by atoms with Crippen LogP contribution in [0.5, 0.6) is 0 Å². The Morgan fingerprint density at radius 3 is 2.22 bits per heavy atom. The van der Waals surface area contributed by atoms with Crippen LogP contribution >= 0.6 is 23.5 Å². The molecule has 1 fully saturated rings. The Morgan fingerprint density at radius 1 is 0.957 bits per heavy atom. The third-order valence-electron chi connectivity index (χ3n) is 6.98. The molecule has 0 radical (unpaired) electrons. The third-order valence-corrected chi connectivity index (χ3v) is 10.8. The van der Waals surface area contributed by atoms with E-state index in [1.165, 1.54) is 28.4 Å². The largest absolute Gasteiger partial charge is 0.490 e. The fourth-order valence-electron chi connectivity index (χ4n) is 4.73. The van der Waals surface area contributed by atoms with E-state index in [2.05, 4.69) is 61.0 Å². The number of anilines is 1. The Kier molecular flexibility index (Phi) is 12.8. The summed E-state index contributed by atoms with van der Waals surface area (Å²) in [6.45, 7) is 7.06. The molecule has 3 heterocycles. The average molecular weight is 712 g/mol. The molecule has 1 aliphatic heterocycles. The van der Waals surface area contributed by atoms with Gasteiger partial charge in [-0.05, 0) is 53.4 Å². The van der Waals surface area contributed by atoms with Crippen LogP contribution in [-0.4, -0.2) is 74.2 Å². The summed E-state index contributed by atoms with van der Waals surface area (Å²) in [7, 11) is -16.9. The molecule has 0 amide bonds. The predicted molar refractivity (Wildman–Crippen MR) is 164 cm³/mol. The highest BCUT2D eigenvalue weighted by molar-refractivity contribution is 7.66. The molecular formula is C25H40N5O13P3. The van der Waals surface area contributed by atoms with Crippen LogP contribution in [0.3, 0.4) is 0 Å². The van der Waals surface area contributed by atoms with Gasteiger partial charge >= 0.3 is 23.5 Å². The number of rotatable bonds is 16. The van der Waals surface area contributed by atoms with Crippen LogP contribution in [0.4, 0.5) is 5.82 Å². The van der Waals surface area contributed by atoms with Crippen LogP contribution in [0.25, 0.3) is 11.2 Å². The number of hydrogen-bond donors (Lipinski definition) is 7. The number of aliphatic hydroxyl groups excluding tert-OH is 2. The van der Waals surface area contributed by atoms with E-state index < -0.39 is 54.1 Å². The third kappa shape index (κ3) is 10.4. The summed E-state index contributed by atoms with van der Waals surface area (Å²) in [5.41, 5.74) is 7.89. The van der Waals surface area contributed by atoms with E-state index in [4.69, 9.17) is 20.3 Å². The summed E-state index contributed by atoms with van der Waals surface area (Å²) >= 11 is 0. The first kappa shape index (κ1) is 38.3. The highest BCUT2D eigenvalue weighted by Gasteiger charge is 2.56. The minimum absolute atomic E-state index is 0.0367. The molecule has 2 aromatic rings. The lowest BCUT2D eigenvalue weighted by molar-refractivity contribution is -0.142. The summed E-state index contributed by atoms with van der Waals surface area (Å²) in [6, 6.07) is 0. The number of imidazole rings is 1. The fourth-order valence-corrected chi connectivity index (χ4v) is 7.76. The number of hydrogen-bond acceptors (Lipinski definition) is 13. The minimum Gasteiger partial charge on any atom is -0.387 e. The normalized spacial score (nSPS) is 25.4. The summed E-state index contributed by atoms with van der Waals surface area (Å²) in [5.74, 6) is 0.0367. The first-order chi connectivity index (χ1) is 21.3. The molecular weight excluding hydrogens is 671 g/mol. The smallest absolute Gasteiger partial charge is 0.387 e. The summed E-state index contributed by atoms with van der Waals surface area (Å²) < 4.78 is 54.4. The number of nitrogen functional groups attached to an aromatic ring is 1. The number of nitrogens with two attached hydrogens (primary N) is 1. The molecule has 2 unspecified atom stereocenters. The van der Waals surface area contributed by atoms with Crippen LogP contribution in [0, 0.1) is 0 Å². The second-order valence-corrected chi connectivity index (χ2v) is 15.5. The van der Waals surface area contributed by atoms with Crippen molar-refractivity contribution in [2.75, 3.05) is 12.3 Å². The molecule has 46 heavy (non-hydrogen) atoms. The first-order valence-electron chi connectivity index (χ1n) is 14.0. The van der Waals surface area contributed by atoms with Gasteiger partial charge in [0.1, 0.15) is 30.2 Å². The van der Waals surface area contributed by atoms with Crippen LogP contribution in [-0.2, 0) is 37.3 Å². The van der Waals surface area contributed by atoms with Crippen LogP contribution in [0.15, 0.2) is 47.6 Å². The van der Waals surface area contributed by atoms with E-state index in [9.17, 15) is 33.7 Å². The van der Waals surface area contributed by atoms with Crippen molar-refractivity contribution in [3.05, 3.63) is 47.6 Å². The standard InChI is InChI=1S/C25H40N5O13P3/c1-16(2)7-5-8-17(3)9-6-10-18(4)11-12-25(30-15-29-20-23(26)27-14-28-24(20)30)22(32)21(31)19(41-25)13-40-45(36,37)43-46(38,39)42-44(33,34)35/h7,9,11,14-15,19,21-22,31-32H,5-6,8,10,12-13H2,1-4H3,(H,36,37)(H,38,39)(H2,26,27,28)(H2,33,34,35)/t19-,21-,22-,25-/m1/s1. The van der Waals surface area contributed by atoms with Gasteiger partial charge < -0.3 is 40.3 Å². The molecule has 18 nitrogen and oxygen atoms in total. The van der Waals surface area contributed by atoms with E-state index >= 15 is 0 Å². The highest BCUT2D eigenvalue weighted by atomic mass is 31.3. The predicted octanol–water partition coefficient (Wildman–Crippen LogP) is 3.33. The minimum atomic E-state index is -5.78. The van der Waals surface area contributed by atoms with E-state index in [0.717, 1.165) is 24.8 Å². The van der Waals surface area contributed by atoms with Gasteiger partial charge in [-0.1, -0.05) is 34.9 Å². The number of aliphatic hydroxyl groups is 2. The molecule has 0 saturated carbocycles. The van der Waals surface area contributed by atoms with Crippen LogP contribution in [0.1, 0.15) is 59.8 Å². The number of ether oxygens (including phenoxy) is 1. The lowest BCUT2D eigenvalue weighted by Crippen LogP contribution is -2.45. The lowest BCUT2D eigenvalue weighted by atomic mass is 9.97. The summed E-state index contributed by atoms with van der Waals surface area (Å²) in [4.78, 5) is 49.1. The zero-order valence-electron chi connectivity index (χ0n) is 25.6. The molecule has 2 aromatic heterocycles. The molecule has 0 bridgehead atoms. The Labute approximate surface area is 265 Å². The first-order valence-corrected chi connectivity index (χ1v) is 18.5. The number of fused-ring (bicyclic) bond motifs is 1. The second kappa shape index (κ2) is 15.4. The van der Waals surface area contributed by atoms with Crippen molar-refractivity contribution in [2.24, 2.45) is 0 Å². The van der Waals surface area contributed by atoms with Crippen molar-refractivity contribution >= 4 is 40.4 Å². The maximum Gasteiger partial charge on any atom is 0.490 e. The van der Waals surface area contributed by atoms with Gasteiger partial charge in [-0.2, -0.15) is 8.62 Å².